The maximum absolute atomic E-state index is 5.79. The molecule has 0 aromatic rings. The second-order valence-electron chi connectivity index (χ2n) is 6.86. The Morgan fingerprint density at radius 2 is 1.23 bits per heavy atom. The van der Waals surface area contributed by atoms with Gasteiger partial charge in [-0.05, 0) is 25.7 Å². The van der Waals surface area contributed by atoms with Crippen LogP contribution in [0, 0.1) is 0 Å². The summed E-state index contributed by atoms with van der Waals surface area (Å²) >= 11 is 0. The van der Waals surface area contributed by atoms with Gasteiger partial charge in [-0.25, -0.2) is 0 Å². The van der Waals surface area contributed by atoms with Crippen molar-refractivity contribution in [2.24, 2.45) is 0 Å². The Hall–Kier alpha value is 0.210. The van der Waals surface area contributed by atoms with Crippen molar-refractivity contribution in [3.63, 3.8) is 0 Å². The third-order valence-electron chi connectivity index (χ3n) is 4.80. The molecular weight excluding hydrogens is 294 g/mol. The van der Waals surface area contributed by atoms with Crippen molar-refractivity contribution in [1.82, 2.24) is 0 Å². The van der Waals surface area contributed by atoms with E-state index in [1.165, 1.54) is 103 Å². The molecule has 1 heterocycles. The Bertz CT molecular complexity index is 208. The van der Waals surface area contributed by atoms with Crippen LogP contribution < -0.4 is 17.3 Å². The number of likely N-dealkylation sites (tertiary alicyclic amines) is 1. The predicted molar refractivity (Wildman–Crippen MR) is 92.1 cm³/mol. The first kappa shape index (κ1) is 22.2. The number of hydrogen-bond acceptors (Lipinski definition) is 1. The molecule has 1 rings (SSSR count). The Kier molecular flexibility index (Phi) is 17.7. The van der Waals surface area contributed by atoms with Crippen molar-refractivity contribution >= 4 is 0 Å². The van der Waals surface area contributed by atoms with Gasteiger partial charge in [-0.15, -0.1) is 0 Å². The maximum Gasteiger partial charge on any atom is 0.101 e. The number of piperidine rings is 1. The average Bonchev–Trinajstić information content (AvgIpc) is 2.53. The number of halogens is 1. The van der Waals surface area contributed by atoms with Crippen molar-refractivity contribution in [3.8, 4) is 0 Å². The standard InChI is InChI=1S/C19H39NO.ClH/c1-2-3-4-5-6-7-8-9-10-14-18-21-19-17-20-15-12-11-13-16-20;/h2-19H2,1H3;1H. The molecule has 0 radical (unpaired) electrons. The van der Waals surface area contributed by atoms with Gasteiger partial charge in [-0.3, -0.25) is 0 Å². The molecule has 0 aromatic heterocycles. The van der Waals surface area contributed by atoms with E-state index in [0.717, 1.165) is 13.2 Å². The van der Waals surface area contributed by atoms with E-state index < -0.39 is 0 Å². The Balaban J connectivity index is 0.00000441. The SMILES string of the molecule is CCCCCCCCCCCCOCC[NH+]1CCCCC1.[Cl-]. The topological polar surface area (TPSA) is 13.7 Å². The van der Waals surface area contributed by atoms with Crippen LogP contribution in [0.2, 0.25) is 0 Å². The van der Waals surface area contributed by atoms with Crippen LogP contribution in [-0.4, -0.2) is 32.8 Å². The van der Waals surface area contributed by atoms with Gasteiger partial charge in [0.2, 0.25) is 0 Å². The average molecular weight is 334 g/mol. The van der Waals surface area contributed by atoms with Gasteiger partial charge >= 0.3 is 0 Å². The van der Waals surface area contributed by atoms with E-state index in [4.69, 9.17) is 4.74 Å². The molecule has 22 heavy (non-hydrogen) atoms. The first-order chi connectivity index (χ1) is 10.4. The fourth-order valence-electron chi connectivity index (χ4n) is 3.31. The van der Waals surface area contributed by atoms with E-state index in [2.05, 4.69) is 6.92 Å². The Labute approximate surface area is 145 Å². The molecule has 1 aliphatic heterocycles. The largest absolute Gasteiger partial charge is 1.00 e. The molecule has 3 heteroatoms. The maximum atomic E-state index is 5.79. The van der Waals surface area contributed by atoms with Crippen molar-refractivity contribution in [1.29, 1.82) is 0 Å². The van der Waals surface area contributed by atoms with Crippen LogP contribution in [0.5, 0.6) is 0 Å². The zero-order chi connectivity index (χ0) is 15.0. The molecule has 0 atom stereocenters. The van der Waals surface area contributed by atoms with Gasteiger partial charge in [0, 0.05) is 6.61 Å². The molecule has 0 bridgehead atoms. The Morgan fingerprint density at radius 1 is 0.682 bits per heavy atom. The second kappa shape index (κ2) is 17.6. The highest BCUT2D eigenvalue weighted by molar-refractivity contribution is 4.48. The van der Waals surface area contributed by atoms with Gasteiger partial charge in [-0.2, -0.15) is 0 Å². The highest BCUT2D eigenvalue weighted by atomic mass is 35.5. The summed E-state index contributed by atoms with van der Waals surface area (Å²) in [7, 11) is 0. The number of hydrogen-bond donors (Lipinski definition) is 1. The van der Waals surface area contributed by atoms with E-state index >= 15 is 0 Å². The minimum atomic E-state index is 0. The summed E-state index contributed by atoms with van der Waals surface area (Å²) in [6.07, 6.45) is 18.4. The van der Waals surface area contributed by atoms with Crippen molar-refractivity contribution < 1.29 is 22.0 Å². The van der Waals surface area contributed by atoms with Crippen LogP contribution in [0.3, 0.4) is 0 Å². The highest BCUT2D eigenvalue weighted by Crippen LogP contribution is 2.10. The molecule has 134 valence electrons. The van der Waals surface area contributed by atoms with Gasteiger partial charge in [0.25, 0.3) is 0 Å². The lowest BCUT2D eigenvalue weighted by Gasteiger charge is -2.23. The van der Waals surface area contributed by atoms with E-state index in [1.54, 1.807) is 4.90 Å². The van der Waals surface area contributed by atoms with Crippen molar-refractivity contribution in [3.05, 3.63) is 0 Å². The van der Waals surface area contributed by atoms with Gasteiger partial charge in [-0.1, -0.05) is 64.7 Å². The van der Waals surface area contributed by atoms with Crippen LogP contribution >= 0.6 is 0 Å². The molecule has 0 saturated carbocycles. The first-order valence-electron chi connectivity index (χ1n) is 9.85. The molecule has 0 amide bonds. The molecular formula is C19H40ClNO. The second-order valence-corrected chi connectivity index (χ2v) is 6.86. The normalized spacial score (nSPS) is 15.7. The number of ether oxygens (including phenoxy) is 1. The smallest absolute Gasteiger partial charge is 0.101 e. The number of rotatable bonds is 14. The van der Waals surface area contributed by atoms with Crippen LogP contribution in [0.1, 0.15) is 90.4 Å². The number of nitrogens with one attached hydrogen (secondary N) is 1. The van der Waals surface area contributed by atoms with E-state index in [1.807, 2.05) is 0 Å². The summed E-state index contributed by atoms with van der Waals surface area (Å²) in [6, 6.07) is 0. The predicted octanol–water partition coefficient (Wildman–Crippen LogP) is 0.997. The molecule has 0 aromatic carbocycles. The summed E-state index contributed by atoms with van der Waals surface area (Å²) < 4.78 is 5.79. The Morgan fingerprint density at radius 3 is 1.82 bits per heavy atom. The summed E-state index contributed by atoms with van der Waals surface area (Å²) in [6.45, 7) is 8.24. The van der Waals surface area contributed by atoms with Crippen LogP contribution in [0.25, 0.3) is 0 Å². The van der Waals surface area contributed by atoms with Gasteiger partial charge in [0.05, 0.1) is 19.7 Å². The quantitative estimate of drug-likeness (QED) is 0.468. The zero-order valence-corrected chi connectivity index (χ0v) is 15.8. The molecule has 0 aliphatic carbocycles. The fourth-order valence-corrected chi connectivity index (χ4v) is 3.31. The van der Waals surface area contributed by atoms with E-state index in [0.29, 0.717) is 0 Å². The van der Waals surface area contributed by atoms with Crippen molar-refractivity contribution in [2.75, 3.05) is 32.8 Å². The van der Waals surface area contributed by atoms with Crippen LogP contribution in [-0.2, 0) is 4.74 Å². The number of quaternary nitrogens is 1. The minimum absolute atomic E-state index is 0. The van der Waals surface area contributed by atoms with Gasteiger partial charge < -0.3 is 22.0 Å². The molecule has 2 nitrogen and oxygen atoms in total. The van der Waals surface area contributed by atoms with Crippen LogP contribution in [0.15, 0.2) is 0 Å². The summed E-state index contributed by atoms with van der Waals surface area (Å²) in [5.74, 6) is 0. The molecule has 1 saturated heterocycles. The minimum Gasteiger partial charge on any atom is -1.00 e. The lowest BCUT2D eigenvalue weighted by molar-refractivity contribution is -0.905. The fraction of sp³-hybridized carbons (Fsp3) is 1.00. The lowest BCUT2D eigenvalue weighted by Crippen LogP contribution is -3.13. The monoisotopic (exact) mass is 333 g/mol. The molecule has 0 spiro atoms. The molecule has 1 N–H and O–H groups in total. The van der Waals surface area contributed by atoms with Gasteiger partial charge in [0.15, 0.2) is 0 Å². The van der Waals surface area contributed by atoms with Crippen LogP contribution in [0.4, 0.5) is 0 Å². The van der Waals surface area contributed by atoms with Crippen molar-refractivity contribution in [2.45, 2.75) is 90.4 Å². The molecule has 1 fully saturated rings. The highest BCUT2D eigenvalue weighted by Gasteiger charge is 2.12. The summed E-state index contributed by atoms with van der Waals surface area (Å²) in [5.41, 5.74) is 0. The zero-order valence-electron chi connectivity index (χ0n) is 15.0. The lowest BCUT2D eigenvalue weighted by atomic mass is 10.1. The summed E-state index contributed by atoms with van der Waals surface area (Å²) in [5, 5.41) is 0. The van der Waals surface area contributed by atoms with E-state index in [-0.39, 0.29) is 12.4 Å². The molecule has 1 aliphatic rings. The first-order valence-corrected chi connectivity index (χ1v) is 9.85. The van der Waals surface area contributed by atoms with Gasteiger partial charge in [0.1, 0.15) is 6.54 Å². The van der Waals surface area contributed by atoms with E-state index in [9.17, 15) is 0 Å². The third kappa shape index (κ3) is 13.8. The molecule has 0 unspecified atom stereocenters. The summed E-state index contributed by atoms with van der Waals surface area (Å²) in [4.78, 5) is 1.77. The number of unbranched alkanes of at least 4 members (excludes halogenated alkanes) is 9. The third-order valence-corrected chi connectivity index (χ3v) is 4.80.